The summed E-state index contributed by atoms with van der Waals surface area (Å²) in [5.74, 6) is -0.669. The molecule has 1 amide bonds. The summed E-state index contributed by atoms with van der Waals surface area (Å²) in [6.07, 6.45) is 0.0325. The summed E-state index contributed by atoms with van der Waals surface area (Å²) < 4.78 is 5.26. The fourth-order valence-electron chi connectivity index (χ4n) is 2.82. The topological polar surface area (TPSA) is 82.4 Å². The van der Waals surface area contributed by atoms with Gasteiger partial charge in [-0.3, -0.25) is 9.59 Å². The number of thiophene rings is 1. The maximum absolute atomic E-state index is 12.5. The molecule has 0 unspecified atom stereocenters. The fraction of sp³-hybridized carbons (Fsp3) is 0.316. The van der Waals surface area contributed by atoms with Gasteiger partial charge in [-0.1, -0.05) is 0 Å². The quantitative estimate of drug-likeness (QED) is 0.819. The Morgan fingerprint density at radius 1 is 1.35 bits per heavy atom. The molecule has 0 spiro atoms. The molecule has 1 aliphatic rings. The third-order valence-electron chi connectivity index (χ3n) is 4.23. The van der Waals surface area contributed by atoms with Crippen molar-refractivity contribution >= 4 is 28.9 Å². The molecule has 1 aromatic carbocycles. The van der Waals surface area contributed by atoms with Crippen molar-refractivity contribution < 1.29 is 14.3 Å². The van der Waals surface area contributed by atoms with Crippen LogP contribution in [-0.4, -0.2) is 36.0 Å². The van der Waals surface area contributed by atoms with Gasteiger partial charge in [-0.15, -0.1) is 11.3 Å². The third kappa shape index (κ3) is 4.21. The third-order valence-corrected chi connectivity index (χ3v) is 5.25. The predicted molar refractivity (Wildman–Crippen MR) is 98.6 cm³/mol. The van der Waals surface area contributed by atoms with E-state index in [1.54, 1.807) is 47.4 Å². The van der Waals surface area contributed by atoms with Gasteiger partial charge in [-0.05, 0) is 54.6 Å². The van der Waals surface area contributed by atoms with Crippen molar-refractivity contribution in [1.29, 1.82) is 5.26 Å². The summed E-state index contributed by atoms with van der Waals surface area (Å²) in [6, 6.07) is 10.8. The predicted octanol–water partition coefficient (Wildman–Crippen LogP) is 2.55. The molecule has 3 rings (SSSR count). The first-order valence-corrected chi connectivity index (χ1v) is 9.22. The zero-order chi connectivity index (χ0) is 18.5. The minimum Gasteiger partial charge on any atom is -0.451 e. The number of nitriles is 1. The molecule has 134 valence electrons. The average molecular weight is 369 g/mol. The second kappa shape index (κ2) is 8.02. The number of nitrogens with one attached hydrogen (secondary N) is 1. The van der Waals surface area contributed by atoms with Gasteiger partial charge in [0.05, 0.1) is 11.6 Å². The molecule has 0 saturated heterocycles. The van der Waals surface area contributed by atoms with Gasteiger partial charge in [0, 0.05) is 23.7 Å². The van der Waals surface area contributed by atoms with E-state index >= 15 is 0 Å². The highest BCUT2D eigenvalue weighted by Crippen LogP contribution is 2.24. The Hall–Kier alpha value is -2.85. The standard InChI is InChI=1S/C19H19N3O3S/c1-13(19(24)22-8-6-17-15(12-22)7-9-26-17)25-18(23)11-21-16-4-2-14(10-20)3-5-16/h2-5,7,9,13,21H,6,8,11-12H2,1H3/t13-/m1/s1. The lowest BCUT2D eigenvalue weighted by molar-refractivity contribution is -0.158. The highest BCUT2D eigenvalue weighted by Gasteiger charge is 2.27. The number of rotatable bonds is 5. The number of anilines is 1. The molecule has 0 radical (unpaired) electrons. The average Bonchev–Trinajstić information content (AvgIpc) is 3.13. The zero-order valence-corrected chi connectivity index (χ0v) is 15.2. The molecule has 2 heterocycles. The van der Waals surface area contributed by atoms with Crippen LogP contribution in [0.1, 0.15) is 22.9 Å². The maximum atomic E-state index is 12.5. The van der Waals surface area contributed by atoms with E-state index in [0.29, 0.717) is 24.3 Å². The molecular weight excluding hydrogens is 350 g/mol. The van der Waals surface area contributed by atoms with Gasteiger partial charge in [0.15, 0.2) is 6.10 Å². The first-order valence-electron chi connectivity index (χ1n) is 8.34. The lowest BCUT2D eigenvalue weighted by Gasteiger charge is -2.29. The van der Waals surface area contributed by atoms with E-state index in [9.17, 15) is 9.59 Å². The Morgan fingerprint density at radius 3 is 2.85 bits per heavy atom. The number of esters is 1. The summed E-state index contributed by atoms with van der Waals surface area (Å²) in [4.78, 5) is 27.6. The van der Waals surface area contributed by atoms with Gasteiger partial charge in [-0.2, -0.15) is 5.26 Å². The van der Waals surface area contributed by atoms with Crippen LogP contribution < -0.4 is 5.32 Å². The Balaban J connectivity index is 1.47. The lowest BCUT2D eigenvalue weighted by Crippen LogP contribution is -2.42. The van der Waals surface area contributed by atoms with Gasteiger partial charge in [0.25, 0.3) is 5.91 Å². The molecule has 1 aromatic heterocycles. The minimum atomic E-state index is -0.814. The summed E-state index contributed by atoms with van der Waals surface area (Å²) >= 11 is 1.72. The number of amides is 1. The van der Waals surface area contributed by atoms with E-state index in [0.717, 1.165) is 6.42 Å². The normalized spacial score (nSPS) is 14.1. The Morgan fingerprint density at radius 2 is 2.12 bits per heavy atom. The highest BCUT2D eigenvalue weighted by molar-refractivity contribution is 7.10. The fourth-order valence-corrected chi connectivity index (χ4v) is 3.71. The van der Waals surface area contributed by atoms with E-state index in [2.05, 4.69) is 5.32 Å². The molecule has 0 bridgehead atoms. The van der Waals surface area contributed by atoms with Crippen molar-refractivity contribution in [3.63, 3.8) is 0 Å². The molecule has 0 saturated carbocycles. The summed E-state index contributed by atoms with van der Waals surface area (Å²) in [7, 11) is 0. The molecule has 26 heavy (non-hydrogen) atoms. The number of nitrogens with zero attached hydrogens (tertiary/aromatic N) is 2. The molecule has 0 fully saturated rings. The molecule has 7 heteroatoms. The monoisotopic (exact) mass is 369 g/mol. The lowest BCUT2D eigenvalue weighted by atomic mass is 10.1. The second-order valence-corrected chi connectivity index (χ2v) is 7.05. The van der Waals surface area contributed by atoms with Crippen molar-refractivity contribution in [1.82, 2.24) is 4.90 Å². The molecular formula is C19H19N3O3S. The van der Waals surface area contributed by atoms with Crippen LogP contribution in [0.5, 0.6) is 0 Å². The molecule has 6 nitrogen and oxygen atoms in total. The van der Waals surface area contributed by atoms with Crippen LogP contribution in [0, 0.1) is 11.3 Å². The summed E-state index contributed by atoms with van der Waals surface area (Å²) in [5.41, 5.74) is 2.43. The Kier molecular flexibility index (Phi) is 5.54. The van der Waals surface area contributed by atoms with Crippen molar-refractivity contribution in [3.8, 4) is 6.07 Å². The van der Waals surface area contributed by atoms with E-state index in [1.807, 2.05) is 17.5 Å². The van der Waals surface area contributed by atoms with Crippen LogP contribution in [-0.2, 0) is 27.3 Å². The number of carbonyl (C=O) groups is 2. The van der Waals surface area contributed by atoms with Crippen molar-refractivity contribution in [3.05, 3.63) is 51.7 Å². The number of carbonyl (C=O) groups excluding carboxylic acids is 2. The molecule has 1 atom stereocenters. The highest BCUT2D eigenvalue weighted by atomic mass is 32.1. The van der Waals surface area contributed by atoms with Crippen LogP contribution >= 0.6 is 11.3 Å². The largest absolute Gasteiger partial charge is 0.451 e. The van der Waals surface area contributed by atoms with Gasteiger partial charge in [0.1, 0.15) is 6.54 Å². The second-order valence-electron chi connectivity index (χ2n) is 6.05. The van der Waals surface area contributed by atoms with Gasteiger partial charge >= 0.3 is 5.97 Å². The Bertz CT molecular complexity index is 838. The van der Waals surface area contributed by atoms with Crippen LogP contribution in [0.3, 0.4) is 0 Å². The summed E-state index contributed by atoms with van der Waals surface area (Å²) in [5, 5.41) is 13.7. The van der Waals surface area contributed by atoms with Gasteiger partial charge < -0.3 is 15.0 Å². The SMILES string of the molecule is C[C@@H](OC(=O)CNc1ccc(C#N)cc1)C(=O)N1CCc2sccc2C1. The van der Waals surface area contributed by atoms with Gasteiger partial charge in [0.2, 0.25) is 0 Å². The first-order chi connectivity index (χ1) is 12.6. The van der Waals surface area contributed by atoms with Crippen LogP contribution in [0.15, 0.2) is 35.7 Å². The zero-order valence-electron chi connectivity index (χ0n) is 14.4. The first kappa shape index (κ1) is 18.0. The number of hydrogen-bond acceptors (Lipinski definition) is 6. The molecule has 2 aromatic rings. The molecule has 1 aliphatic heterocycles. The van der Waals surface area contributed by atoms with Crippen molar-refractivity contribution in [2.24, 2.45) is 0 Å². The van der Waals surface area contributed by atoms with E-state index in [4.69, 9.17) is 10.00 Å². The van der Waals surface area contributed by atoms with E-state index < -0.39 is 12.1 Å². The van der Waals surface area contributed by atoms with Crippen molar-refractivity contribution in [2.45, 2.75) is 26.0 Å². The minimum absolute atomic E-state index is 0.0435. The number of fused-ring (bicyclic) bond motifs is 1. The molecule has 0 aliphatic carbocycles. The van der Waals surface area contributed by atoms with Crippen LogP contribution in [0.25, 0.3) is 0 Å². The van der Waals surface area contributed by atoms with Crippen molar-refractivity contribution in [2.75, 3.05) is 18.4 Å². The number of ether oxygens (including phenoxy) is 1. The number of benzene rings is 1. The number of hydrogen-bond donors (Lipinski definition) is 1. The van der Waals surface area contributed by atoms with Crippen LogP contribution in [0.2, 0.25) is 0 Å². The smallest absolute Gasteiger partial charge is 0.326 e. The van der Waals surface area contributed by atoms with E-state index in [-0.39, 0.29) is 12.5 Å². The maximum Gasteiger partial charge on any atom is 0.326 e. The Labute approximate surface area is 156 Å². The van der Waals surface area contributed by atoms with Gasteiger partial charge in [-0.25, -0.2) is 0 Å². The van der Waals surface area contributed by atoms with E-state index in [1.165, 1.54) is 10.4 Å². The summed E-state index contributed by atoms with van der Waals surface area (Å²) in [6.45, 7) is 2.78. The molecule has 1 N–H and O–H groups in total. The van der Waals surface area contributed by atoms with Crippen LogP contribution in [0.4, 0.5) is 5.69 Å².